The van der Waals surface area contributed by atoms with Gasteiger partial charge in [-0.05, 0) is 26.3 Å². The Morgan fingerprint density at radius 2 is 1.97 bits per heavy atom. The van der Waals surface area contributed by atoms with Crippen LogP contribution < -0.4 is 15.8 Å². The van der Waals surface area contributed by atoms with Gasteiger partial charge >= 0.3 is 0 Å². The van der Waals surface area contributed by atoms with Gasteiger partial charge in [-0.25, -0.2) is 9.97 Å². The van der Waals surface area contributed by atoms with E-state index in [1.165, 1.54) is 19.2 Å². The van der Waals surface area contributed by atoms with E-state index < -0.39 is 11.8 Å². The van der Waals surface area contributed by atoms with E-state index >= 15 is 0 Å². The number of Topliss-reactive ketones (excluding diaryl/α,β-unsaturated/α-hetero) is 1. The Labute approximate surface area is 184 Å². The summed E-state index contributed by atoms with van der Waals surface area (Å²) in [5.74, 6) is -0.834. The molecule has 0 aliphatic rings. The van der Waals surface area contributed by atoms with Gasteiger partial charge < -0.3 is 20.4 Å². The van der Waals surface area contributed by atoms with E-state index in [9.17, 15) is 14.4 Å². The Morgan fingerprint density at radius 1 is 1.22 bits per heavy atom. The highest BCUT2D eigenvalue weighted by molar-refractivity contribution is 6.10. The summed E-state index contributed by atoms with van der Waals surface area (Å²) < 4.78 is 8.87. The second kappa shape index (κ2) is 9.41. The molecule has 0 bridgehead atoms. The van der Waals surface area contributed by atoms with Gasteiger partial charge in [-0.1, -0.05) is 6.92 Å². The minimum atomic E-state index is -0.783. The van der Waals surface area contributed by atoms with E-state index in [4.69, 9.17) is 10.5 Å². The number of nitrogens with two attached hydrogens (primary N) is 1. The third-order valence-electron chi connectivity index (χ3n) is 4.86. The SMILES string of the molecule is CCOc1ncc(C(C)=O)cc1C(=O)Nc1c(C(N)=O)nn(Cc2nccn2C)c1CC. The third-order valence-corrected chi connectivity index (χ3v) is 4.86. The van der Waals surface area contributed by atoms with Gasteiger partial charge in [0.05, 0.1) is 24.5 Å². The molecular formula is C21H25N7O4. The Hall–Kier alpha value is -4.02. The fraction of sp³-hybridized carbons (Fsp3) is 0.333. The molecule has 0 fully saturated rings. The number of ketones is 1. The normalized spacial score (nSPS) is 10.8. The molecule has 11 nitrogen and oxygen atoms in total. The van der Waals surface area contributed by atoms with E-state index in [-0.39, 0.29) is 47.3 Å². The summed E-state index contributed by atoms with van der Waals surface area (Å²) in [4.78, 5) is 45.4. The van der Waals surface area contributed by atoms with E-state index in [1.54, 1.807) is 24.0 Å². The van der Waals surface area contributed by atoms with Crippen LogP contribution in [0.2, 0.25) is 0 Å². The number of ether oxygens (including phenoxy) is 1. The summed E-state index contributed by atoms with van der Waals surface area (Å²) in [5.41, 5.74) is 6.60. The first-order valence-electron chi connectivity index (χ1n) is 10.1. The molecule has 3 aromatic heterocycles. The van der Waals surface area contributed by atoms with Crippen LogP contribution in [-0.4, -0.2) is 48.5 Å². The van der Waals surface area contributed by atoms with Gasteiger partial charge in [0.15, 0.2) is 11.5 Å². The number of amides is 2. The molecule has 0 saturated carbocycles. The number of rotatable bonds is 9. The molecule has 0 atom stereocenters. The maximum Gasteiger partial charge on any atom is 0.271 e. The average Bonchev–Trinajstić information content (AvgIpc) is 3.31. The molecule has 11 heteroatoms. The first-order chi connectivity index (χ1) is 15.3. The number of imidazole rings is 1. The zero-order valence-corrected chi connectivity index (χ0v) is 18.4. The van der Waals surface area contributed by atoms with Gasteiger partial charge in [-0.15, -0.1) is 0 Å². The number of anilines is 1. The summed E-state index contributed by atoms with van der Waals surface area (Å²) in [6.45, 7) is 5.57. The lowest BCUT2D eigenvalue weighted by atomic mass is 10.1. The molecule has 3 aromatic rings. The number of hydrogen-bond donors (Lipinski definition) is 2. The van der Waals surface area contributed by atoms with Crippen LogP contribution >= 0.6 is 0 Å². The molecule has 0 aliphatic carbocycles. The molecule has 0 unspecified atom stereocenters. The van der Waals surface area contributed by atoms with Gasteiger partial charge in [0.25, 0.3) is 11.8 Å². The standard InChI is InChI=1S/C21H25N7O4/c1-5-15-17(18(19(22)30)26-28(15)11-16-23-7-8-27(16)4)25-20(31)14-9-13(12(3)29)10-24-21(14)32-6-2/h7-10H,5-6,11H2,1-4H3,(H2,22,30)(H,25,31). The van der Waals surface area contributed by atoms with Crippen molar-refractivity contribution in [3.63, 3.8) is 0 Å². The van der Waals surface area contributed by atoms with Crippen LogP contribution in [0.25, 0.3) is 0 Å². The number of carbonyl (C=O) groups excluding carboxylic acids is 3. The lowest BCUT2D eigenvalue weighted by Crippen LogP contribution is -2.20. The van der Waals surface area contributed by atoms with Crippen molar-refractivity contribution >= 4 is 23.3 Å². The molecule has 0 aromatic carbocycles. The van der Waals surface area contributed by atoms with Gasteiger partial charge in [-0.2, -0.15) is 5.10 Å². The van der Waals surface area contributed by atoms with E-state index in [0.29, 0.717) is 17.9 Å². The van der Waals surface area contributed by atoms with E-state index in [2.05, 4.69) is 20.4 Å². The highest BCUT2D eigenvalue weighted by Gasteiger charge is 2.25. The van der Waals surface area contributed by atoms with Crippen LogP contribution in [0.1, 0.15) is 63.5 Å². The molecule has 2 amide bonds. The van der Waals surface area contributed by atoms with Gasteiger partial charge in [0.1, 0.15) is 11.4 Å². The monoisotopic (exact) mass is 439 g/mol. The van der Waals surface area contributed by atoms with Gasteiger partial charge in [0.2, 0.25) is 5.88 Å². The predicted molar refractivity (Wildman–Crippen MR) is 116 cm³/mol. The minimum absolute atomic E-state index is 0.0638. The summed E-state index contributed by atoms with van der Waals surface area (Å²) >= 11 is 0. The van der Waals surface area contributed by atoms with Crippen LogP contribution in [0, 0.1) is 0 Å². The van der Waals surface area contributed by atoms with Crippen LogP contribution in [-0.2, 0) is 20.0 Å². The highest BCUT2D eigenvalue weighted by Crippen LogP contribution is 2.25. The van der Waals surface area contributed by atoms with Gasteiger partial charge in [0, 0.05) is 31.2 Å². The molecule has 0 aliphatic heterocycles. The topological polar surface area (TPSA) is 147 Å². The molecule has 32 heavy (non-hydrogen) atoms. The van der Waals surface area contributed by atoms with Gasteiger partial charge in [-0.3, -0.25) is 19.1 Å². The van der Waals surface area contributed by atoms with Crippen LogP contribution in [0.5, 0.6) is 5.88 Å². The van der Waals surface area contributed by atoms with Crippen LogP contribution in [0.4, 0.5) is 5.69 Å². The van der Waals surface area contributed by atoms with Crippen molar-refractivity contribution in [2.24, 2.45) is 12.8 Å². The molecular weight excluding hydrogens is 414 g/mol. The van der Waals surface area contributed by atoms with Crippen molar-refractivity contribution in [3.05, 3.63) is 53.0 Å². The zero-order chi connectivity index (χ0) is 23.4. The van der Waals surface area contributed by atoms with Crippen LogP contribution in [0.3, 0.4) is 0 Å². The van der Waals surface area contributed by atoms with Crippen molar-refractivity contribution in [1.82, 2.24) is 24.3 Å². The number of nitrogens with zero attached hydrogens (tertiary/aromatic N) is 5. The molecule has 0 radical (unpaired) electrons. The second-order valence-electron chi connectivity index (χ2n) is 7.02. The maximum absolute atomic E-state index is 13.2. The van der Waals surface area contributed by atoms with Crippen molar-refractivity contribution in [3.8, 4) is 5.88 Å². The highest BCUT2D eigenvalue weighted by atomic mass is 16.5. The average molecular weight is 439 g/mol. The number of pyridine rings is 1. The zero-order valence-electron chi connectivity index (χ0n) is 18.4. The van der Waals surface area contributed by atoms with E-state index in [1.807, 2.05) is 18.5 Å². The summed E-state index contributed by atoms with van der Waals surface area (Å²) in [5, 5.41) is 7.05. The number of aryl methyl sites for hydroxylation is 1. The number of carbonyl (C=O) groups is 3. The van der Waals surface area contributed by atoms with Crippen molar-refractivity contribution in [2.75, 3.05) is 11.9 Å². The molecule has 0 spiro atoms. The largest absolute Gasteiger partial charge is 0.477 e. The molecule has 168 valence electrons. The fourth-order valence-electron chi connectivity index (χ4n) is 3.21. The van der Waals surface area contributed by atoms with Crippen molar-refractivity contribution < 1.29 is 19.1 Å². The van der Waals surface area contributed by atoms with Crippen molar-refractivity contribution in [1.29, 1.82) is 0 Å². The Balaban J connectivity index is 2.03. The maximum atomic E-state index is 13.2. The smallest absolute Gasteiger partial charge is 0.271 e. The summed E-state index contributed by atoms with van der Waals surface area (Å²) in [6, 6.07) is 1.41. The lowest BCUT2D eigenvalue weighted by molar-refractivity contribution is 0.0992. The summed E-state index contributed by atoms with van der Waals surface area (Å²) in [6.07, 6.45) is 5.27. The molecule has 3 heterocycles. The van der Waals surface area contributed by atoms with E-state index in [0.717, 1.165) is 0 Å². The predicted octanol–water partition coefficient (Wildman–Crippen LogP) is 1.57. The Morgan fingerprint density at radius 3 is 2.53 bits per heavy atom. The molecule has 3 rings (SSSR count). The number of primary amides is 1. The fourth-order valence-corrected chi connectivity index (χ4v) is 3.21. The second-order valence-corrected chi connectivity index (χ2v) is 7.02. The number of nitrogens with one attached hydrogen (secondary N) is 1. The number of hydrogen-bond acceptors (Lipinski definition) is 7. The first kappa shape index (κ1) is 22.7. The summed E-state index contributed by atoms with van der Waals surface area (Å²) in [7, 11) is 1.85. The molecule has 3 N–H and O–H groups in total. The van der Waals surface area contributed by atoms with Crippen molar-refractivity contribution in [2.45, 2.75) is 33.7 Å². The minimum Gasteiger partial charge on any atom is -0.477 e. The van der Waals surface area contributed by atoms with Crippen LogP contribution in [0.15, 0.2) is 24.7 Å². The first-order valence-corrected chi connectivity index (χ1v) is 10.1. The number of aromatic nitrogens is 5. The Bertz CT molecular complexity index is 1180. The quantitative estimate of drug-likeness (QED) is 0.481. The molecule has 0 saturated heterocycles. The Kier molecular flexibility index (Phi) is 6.67. The third kappa shape index (κ3) is 4.51. The lowest BCUT2D eigenvalue weighted by Gasteiger charge is -2.12.